The molecule has 3 nitrogen and oxygen atoms in total. The van der Waals surface area contributed by atoms with Gasteiger partial charge in [0.05, 0.1) is 5.69 Å². The van der Waals surface area contributed by atoms with Crippen LogP contribution in [-0.4, -0.2) is 22.0 Å². The zero-order valence-corrected chi connectivity index (χ0v) is 13.7. The highest BCUT2D eigenvalue weighted by molar-refractivity contribution is 7.15. The largest absolute Gasteiger partial charge is 0.314 e. The van der Waals surface area contributed by atoms with Gasteiger partial charge in [-0.25, -0.2) is 4.98 Å². The highest BCUT2D eigenvalue weighted by Crippen LogP contribution is 2.22. The Morgan fingerprint density at radius 3 is 2.60 bits per heavy atom. The smallest absolute Gasteiger partial charge is 0.193 e. The summed E-state index contributed by atoms with van der Waals surface area (Å²) in [6.45, 7) is 7.82. The van der Waals surface area contributed by atoms with Crippen LogP contribution in [0.5, 0.6) is 0 Å². The number of likely N-dealkylation sites (N-methyl/N-ethyl adjacent to an activating group) is 1. The molecule has 4 heteroatoms. The lowest BCUT2D eigenvalue weighted by atomic mass is 9.88. The van der Waals surface area contributed by atoms with E-state index < -0.39 is 0 Å². The molecule has 2 aromatic heterocycles. The second kappa shape index (κ2) is 7.79. The van der Waals surface area contributed by atoms with Crippen LogP contribution in [0.4, 0.5) is 0 Å². The summed E-state index contributed by atoms with van der Waals surface area (Å²) in [5.41, 5.74) is 1.22. The van der Waals surface area contributed by atoms with Gasteiger partial charge in [0.2, 0.25) is 0 Å². The summed E-state index contributed by atoms with van der Waals surface area (Å²) in [4.78, 5) is 5.85. The molecule has 1 atom stereocenters. The summed E-state index contributed by atoms with van der Waals surface area (Å²) in [6.07, 6.45) is 10.5. The maximum Gasteiger partial charge on any atom is 0.193 e. The molecular formula is C16H27N3S. The van der Waals surface area contributed by atoms with Gasteiger partial charge in [-0.2, -0.15) is 0 Å². The van der Waals surface area contributed by atoms with E-state index in [1.54, 1.807) is 11.3 Å². The molecule has 1 N–H and O–H groups in total. The predicted octanol–water partition coefficient (Wildman–Crippen LogP) is 4.13. The first kappa shape index (κ1) is 15.5. The second-order valence-electron chi connectivity index (χ2n) is 5.53. The van der Waals surface area contributed by atoms with Crippen LogP contribution >= 0.6 is 11.3 Å². The number of thiazole rings is 1. The third-order valence-corrected chi connectivity index (χ3v) is 4.70. The van der Waals surface area contributed by atoms with Crippen molar-refractivity contribution in [1.82, 2.24) is 14.7 Å². The lowest BCUT2D eigenvalue weighted by molar-refractivity contribution is 0.311. The van der Waals surface area contributed by atoms with Gasteiger partial charge in [-0.05, 0) is 25.3 Å². The zero-order chi connectivity index (χ0) is 14.4. The molecule has 0 saturated heterocycles. The molecule has 0 saturated carbocycles. The molecule has 0 radical (unpaired) electrons. The molecule has 0 bridgehead atoms. The van der Waals surface area contributed by atoms with Crippen LogP contribution < -0.4 is 5.32 Å². The van der Waals surface area contributed by atoms with E-state index in [-0.39, 0.29) is 0 Å². The van der Waals surface area contributed by atoms with Crippen LogP contribution in [0.2, 0.25) is 0 Å². The van der Waals surface area contributed by atoms with Crippen molar-refractivity contribution in [2.45, 2.75) is 58.9 Å². The van der Waals surface area contributed by atoms with Crippen molar-refractivity contribution in [2.75, 3.05) is 6.54 Å². The maximum absolute atomic E-state index is 4.74. The summed E-state index contributed by atoms with van der Waals surface area (Å²) in [6, 6.07) is 0.560. The van der Waals surface area contributed by atoms with E-state index in [9.17, 15) is 0 Å². The summed E-state index contributed by atoms with van der Waals surface area (Å²) in [7, 11) is 0. The molecule has 1 unspecified atom stereocenters. The molecule has 2 rings (SSSR count). The molecule has 2 heterocycles. The van der Waals surface area contributed by atoms with E-state index in [0.717, 1.165) is 23.8 Å². The quantitative estimate of drug-likeness (QED) is 0.753. The lowest BCUT2D eigenvalue weighted by Crippen LogP contribution is -2.38. The highest BCUT2D eigenvalue weighted by Gasteiger charge is 2.21. The van der Waals surface area contributed by atoms with Crippen LogP contribution in [0.3, 0.4) is 0 Å². The number of imidazole rings is 1. The van der Waals surface area contributed by atoms with E-state index >= 15 is 0 Å². The number of nitrogens with zero attached hydrogens (tertiary/aromatic N) is 2. The van der Waals surface area contributed by atoms with E-state index in [1.807, 2.05) is 0 Å². The topological polar surface area (TPSA) is 29.3 Å². The van der Waals surface area contributed by atoms with Crippen molar-refractivity contribution >= 4 is 16.3 Å². The second-order valence-corrected chi connectivity index (χ2v) is 6.40. The number of rotatable bonds is 9. The van der Waals surface area contributed by atoms with Crippen LogP contribution in [-0.2, 0) is 6.42 Å². The van der Waals surface area contributed by atoms with E-state index in [0.29, 0.717) is 6.04 Å². The van der Waals surface area contributed by atoms with Crippen molar-refractivity contribution in [3.05, 3.63) is 23.5 Å². The van der Waals surface area contributed by atoms with Gasteiger partial charge >= 0.3 is 0 Å². The molecule has 0 aliphatic carbocycles. The molecular weight excluding hydrogens is 266 g/mol. The number of hydrogen-bond donors (Lipinski definition) is 1. The van der Waals surface area contributed by atoms with E-state index in [1.165, 1.54) is 31.4 Å². The van der Waals surface area contributed by atoms with Crippen molar-refractivity contribution in [3.63, 3.8) is 0 Å². The third kappa shape index (κ3) is 3.83. The molecule has 20 heavy (non-hydrogen) atoms. The average Bonchev–Trinajstić information content (AvgIpc) is 2.99. The first-order valence-corrected chi connectivity index (χ1v) is 8.80. The summed E-state index contributed by atoms with van der Waals surface area (Å²) in [5.74, 6) is 0.768. The number of nitrogens with one attached hydrogen (secondary N) is 1. The molecule has 0 spiro atoms. The summed E-state index contributed by atoms with van der Waals surface area (Å²) in [5, 5.41) is 5.78. The van der Waals surface area contributed by atoms with Gasteiger partial charge in [-0.1, -0.05) is 33.6 Å². The van der Waals surface area contributed by atoms with Crippen molar-refractivity contribution in [2.24, 2.45) is 5.92 Å². The maximum atomic E-state index is 4.74. The van der Waals surface area contributed by atoms with Crippen molar-refractivity contribution < 1.29 is 0 Å². The van der Waals surface area contributed by atoms with Gasteiger partial charge in [-0.3, -0.25) is 4.40 Å². The SMILES string of the molecule is CCCC(CCC)C(Cc1cn2ccsc2n1)NCC. The molecule has 112 valence electrons. The fourth-order valence-corrected chi connectivity index (χ4v) is 3.77. The fraction of sp³-hybridized carbons (Fsp3) is 0.688. The summed E-state index contributed by atoms with van der Waals surface area (Å²) >= 11 is 1.71. The highest BCUT2D eigenvalue weighted by atomic mass is 32.1. The molecule has 0 aliphatic heterocycles. The van der Waals surface area contributed by atoms with Crippen molar-refractivity contribution in [3.8, 4) is 0 Å². The van der Waals surface area contributed by atoms with Crippen molar-refractivity contribution in [1.29, 1.82) is 0 Å². The minimum Gasteiger partial charge on any atom is -0.314 e. The van der Waals surface area contributed by atoms with Gasteiger partial charge in [0.1, 0.15) is 0 Å². The average molecular weight is 293 g/mol. The minimum atomic E-state index is 0.560. The molecule has 0 amide bonds. The Morgan fingerprint density at radius 1 is 1.25 bits per heavy atom. The number of hydrogen-bond acceptors (Lipinski definition) is 3. The Kier molecular flexibility index (Phi) is 6.05. The van der Waals surface area contributed by atoms with E-state index in [2.05, 4.69) is 48.3 Å². The van der Waals surface area contributed by atoms with Gasteiger partial charge in [-0.15, -0.1) is 11.3 Å². The Labute approximate surface area is 126 Å². The first-order valence-electron chi connectivity index (χ1n) is 7.92. The molecule has 0 aromatic carbocycles. The van der Waals surface area contributed by atoms with Crippen LogP contribution in [0.15, 0.2) is 17.8 Å². The third-order valence-electron chi connectivity index (χ3n) is 3.93. The van der Waals surface area contributed by atoms with E-state index in [4.69, 9.17) is 4.98 Å². The van der Waals surface area contributed by atoms with Crippen LogP contribution in [0.1, 0.15) is 52.1 Å². The Balaban J connectivity index is 2.08. The summed E-state index contributed by atoms with van der Waals surface area (Å²) < 4.78 is 2.14. The first-order chi connectivity index (χ1) is 9.78. The lowest BCUT2D eigenvalue weighted by Gasteiger charge is -2.27. The zero-order valence-electron chi connectivity index (χ0n) is 12.9. The van der Waals surface area contributed by atoms with Crippen LogP contribution in [0.25, 0.3) is 4.96 Å². The fourth-order valence-electron chi connectivity index (χ4n) is 3.06. The van der Waals surface area contributed by atoms with Gasteiger partial charge in [0, 0.05) is 30.2 Å². The van der Waals surface area contributed by atoms with Gasteiger partial charge < -0.3 is 5.32 Å². The van der Waals surface area contributed by atoms with Gasteiger partial charge in [0.25, 0.3) is 0 Å². The normalized spacial score (nSPS) is 13.4. The molecule has 0 aliphatic rings. The Hall–Kier alpha value is -0.870. The van der Waals surface area contributed by atoms with Gasteiger partial charge in [0.15, 0.2) is 4.96 Å². The standard InChI is InChI=1S/C16H27N3S/c1-4-7-13(8-5-2)15(17-6-3)11-14-12-19-9-10-20-16(19)18-14/h9-10,12-13,15,17H,4-8,11H2,1-3H3. The van der Waals surface area contributed by atoms with Crippen LogP contribution in [0, 0.1) is 5.92 Å². The minimum absolute atomic E-state index is 0.560. The Morgan fingerprint density at radius 2 is 2.00 bits per heavy atom. The molecule has 0 fully saturated rings. The molecule has 2 aromatic rings. The number of aromatic nitrogens is 2. The Bertz CT molecular complexity index is 468. The predicted molar refractivity (Wildman–Crippen MR) is 87.5 cm³/mol. The monoisotopic (exact) mass is 293 g/mol. The number of fused-ring (bicyclic) bond motifs is 1.